The zero-order valence-electron chi connectivity index (χ0n) is 14.7. The average molecular weight is 468 g/mol. The van der Waals surface area contributed by atoms with E-state index in [1.807, 2.05) is 54.6 Å². The fourth-order valence-electron chi connectivity index (χ4n) is 2.86. The molecule has 3 aromatic carbocycles. The Morgan fingerprint density at radius 2 is 1.85 bits per heavy atom. The molecule has 5 heteroatoms. The Hall–Kier alpha value is -2.67. The topological polar surface area (TPSA) is 55.1 Å². The van der Waals surface area contributed by atoms with Gasteiger partial charge in [0.25, 0.3) is 5.91 Å². The average Bonchev–Trinajstić information content (AvgIpc) is 3.12. The van der Waals surface area contributed by atoms with E-state index in [2.05, 4.69) is 51.9 Å². The molecule has 1 aromatic heterocycles. The summed E-state index contributed by atoms with van der Waals surface area (Å²) in [5.41, 5.74) is 5.13. The van der Waals surface area contributed by atoms with E-state index >= 15 is 0 Å². The van der Waals surface area contributed by atoms with Gasteiger partial charge in [-0.25, -0.2) is 4.98 Å². The van der Waals surface area contributed by atoms with E-state index in [0.717, 1.165) is 32.3 Å². The first-order valence-corrected chi connectivity index (χ1v) is 9.77. The van der Waals surface area contributed by atoms with Gasteiger partial charge in [-0.15, -0.1) is 0 Å². The van der Waals surface area contributed by atoms with Gasteiger partial charge in [0.15, 0.2) is 5.58 Å². The third-order valence-electron chi connectivity index (χ3n) is 4.37. The van der Waals surface area contributed by atoms with Crippen LogP contribution in [0.2, 0.25) is 0 Å². The molecule has 4 nitrogen and oxygen atoms in total. The van der Waals surface area contributed by atoms with E-state index in [1.165, 1.54) is 5.56 Å². The Morgan fingerprint density at radius 1 is 1.07 bits per heavy atom. The number of nitrogens with one attached hydrogen (secondary N) is 1. The standard InChI is InChI=1S/C22H17IN2O2/c1-2-14-7-12-20-19(13-14)25-22(27-20)15-8-10-16(11-9-15)24-21(26)17-5-3-4-6-18(17)23/h3-13H,2H2,1H3,(H,24,26). The van der Waals surface area contributed by atoms with Gasteiger partial charge >= 0.3 is 0 Å². The molecule has 1 N–H and O–H groups in total. The van der Waals surface area contributed by atoms with E-state index in [4.69, 9.17) is 4.42 Å². The van der Waals surface area contributed by atoms with E-state index in [0.29, 0.717) is 11.5 Å². The lowest BCUT2D eigenvalue weighted by atomic mass is 10.1. The molecule has 0 saturated heterocycles. The number of aryl methyl sites for hydroxylation is 1. The summed E-state index contributed by atoms with van der Waals surface area (Å²) in [4.78, 5) is 17.0. The second kappa shape index (κ2) is 7.52. The molecule has 0 aliphatic heterocycles. The zero-order valence-corrected chi connectivity index (χ0v) is 16.9. The van der Waals surface area contributed by atoms with Crippen LogP contribution in [0.5, 0.6) is 0 Å². The molecule has 0 unspecified atom stereocenters. The normalized spacial score (nSPS) is 10.9. The van der Waals surface area contributed by atoms with Crippen LogP contribution in [0.4, 0.5) is 5.69 Å². The Morgan fingerprint density at radius 3 is 2.59 bits per heavy atom. The van der Waals surface area contributed by atoms with Crippen LogP contribution in [-0.2, 0) is 6.42 Å². The van der Waals surface area contributed by atoms with E-state index in [1.54, 1.807) is 0 Å². The molecule has 1 amide bonds. The third-order valence-corrected chi connectivity index (χ3v) is 5.31. The fourth-order valence-corrected chi connectivity index (χ4v) is 3.49. The molecule has 4 rings (SSSR count). The van der Waals surface area contributed by atoms with Gasteiger partial charge in [-0.2, -0.15) is 0 Å². The highest BCUT2D eigenvalue weighted by Crippen LogP contribution is 2.26. The predicted molar refractivity (Wildman–Crippen MR) is 116 cm³/mol. The molecule has 0 radical (unpaired) electrons. The minimum Gasteiger partial charge on any atom is -0.436 e. The van der Waals surface area contributed by atoms with Crippen molar-refractivity contribution in [3.8, 4) is 11.5 Å². The summed E-state index contributed by atoms with van der Waals surface area (Å²) in [6, 6.07) is 21.1. The molecule has 27 heavy (non-hydrogen) atoms. The minimum absolute atomic E-state index is 0.123. The number of amides is 1. The van der Waals surface area contributed by atoms with Gasteiger partial charge in [-0.3, -0.25) is 4.79 Å². The number of carbonyl (C=O) groups is 1. The van der Waals surface area contributed by atoms with Gasteiger partial charge in [0, 0.05) is 14.8 Å². The number of fused-ring (bicyclic) bond motifs is 1. The first kappa shape index (κ1) is 17.7. The molecule has 134 valence electrons. The molecule has 0 fully saturated rings. The van der Waals surface area contributed by atoms with Crippen LogP contribution < -0.4 is 5.32 Å². The number of rotatable bonds is 4. The van der Waals surface area contributed by atoms with Crippen LogP contribution in [-0.4, -0.2) is 10.9 Å². The largest absolute Gasteiger partial charge is 0.436 e. The van der Waals surface area contributed by atoms with Crippen molar-refractivity contribution < 1.29 is 9.21 Å². The number of halogens is 1. The zero-order chi connectivity index (χ0) is 18.8. The summed E-state index contributed by atoms with van der Waals surface area (Å²) >= 11 is 2.16. The second-order valence-electron chi connectivity index (χ2n) is 6.19. The molecule has 0 bridgehead atoms. The SMILES string of the molecule is CCc1ccc2oc(-c3ccc(NC(=O)c4ccccc4I)cc3)nc2c1. The summed E-state index contributed by atoms with van der Waals surface area (Å²) in [7, 11) is 0. The molecule has 0 aliphatic carbocycles. The monoisotopic (exact) mass is 468 g/mol. The van der Waals surface area contributed by atoms with Crippen molar-refractivity contribution in [1.82, 2.24) is 4.98 Å². The van der Waals surface area contributed by atoms with Gasteiger partial charge in [-0.05, 0) is 83.1 Å². The maximum absolute atomic E-state index is 12.4. The highest BCUT2D eigenvalue weighted by atomic mass is 127. The van der Waals surface area contributed by atoms with Crippen molar-refractivity contribution in [2.24, 2.45) is 0 Å². The number of nitrogens with zero attached hydrogens (tertiary/aromatic N) is 1. The molecule has 0 spiro atoms. The van der Waals surface area contributed by atoms with Crippen LogP contribution >= 0.6 is 22.6 Å². The number of benzene rings is 3. The number of hydrogen-bond donors (Lipinski definition) is 1. The van der Waals surface area contributed by atoms with E-state index < -0.39 is 0 Å². The maximum atomic E-state index is 12.4. The minimum atomic E-state index is -0.123. The molecule has 0 aliphatic rings. The smallest absolute Gasteiger partial charge is 0.256 e. The fraction of sp³-hybridized carbons (Fsp3) is 0.0909. The van der Waals surface area contributed by atoms with Crippen molar-refractivity contribution in [2.75, 3.05) is 5.32 Å². The second-order valence-corrected chi connectivity index (χ2v) is 7.35. The van der Waals surface area contributed by atoms with Crippen LogP contribution in [0.25, 0.3) is 22.6 Å². The molecular weight excluding hydrogens is 451 g/mol. The van der Waals surface area contributed by atoms with Crippen molar-refractivity contribution in [3.63, 3.8) is 0 Å². The molecular formula is C22H17IN2O2. The molecule has 0 atom stereocenters. The first-order chi connectivity index (χ1) is 13.1. The lowest BCUT2D eigenvalue weighted by Crippen LogP contribution is -2.13. The number of aromatic nitrogens is 1. The predicted octanol–water partition coefficient (Wildman–Crippen LogP) is 5.91. The number of oxazole rings is 1. The Kier molecular flexibility index (Phi) is 4.94. The summed E-state index contributed by atoms with van der Waals surface area (Å²) in [6.45, 7) is 2.12. The van der Waals surface area contributed by atoms with Crippen LogP contribution in [0.3, 0.4) is 0 Å². The van der Waals surface area contributed by atoms with Gasteiger partial charge in [0.05, 0.1) is 5.56 Å². The van der Waals surface area contributed by atoms with Gasteiger partial charge < -0.3 is 9.73 Å². The quantitative estimate of drug-likeness (QED) is 0.379. The van der Waals surface area contributed by atoms with Crippen molar-refractivity contribution in [3.05, 3.63) is 81.4 Å². The Labute approximate surface area is 170 Å². The number of carbonyl (C=O) groups excluding carboxylic acids is 1. The lowest BCUT2D eigenvalue weighted by molar-refractivity contribution is 0.102. The Bertz CT molecular complexity index is 1120. The van der Waals surface area contributed by atoms with Crippen LogP contribution in [0.1, 0.15) is 22.8 Å². The molecule has 0 saturated carbocycles. The highest BCUT2D eigenvalue weighted by Gasteiger charge is 2.11. The van der Waals surface area contributed by atoms with Crippen molar-refractivity contribution >= 4 is 45.3 Å². The molecule has 4 aromatic rings. The van der Waals surface area contributed by atoms with Gasteiger partial charge in [-0.1, -0.05) is 25.1 Å². The maximum Gasteiger partial charge on any atom is 0.256 e. The first-order valence-electron chi connectivity index (χ1n) is 8.70. The third kappa shape index (κ3) is 3.73. The van der Waals surface area contributed by atoms with E-state index in [9.17, 15) is 4.79 Å². The number of anilines is 1. The summed E-state index contributed by atoms with van der Waals surface area (Å²) in [5, 5.41) is 2.92. The molecule has 1 heterocycles. The summed E-state index contributed by atoms with van der Waals surface area (Å²) < 4.78 is 6.78. The van der Waals surface area contributed by atoms with Crippen molar-refractivity contribution in [2.45, 2.75) is 13.3 Å². The Balaban J connectivity index is 1.55. The lowest BCUT2D eigenvalue weighted by Gasteiger charge is -2.07. The van der Waals surface area contributed by atoms with Gasteiger partial charge in [0.2, 0.25) is 5.89 Å². The summed E-state index contributed by atoms with van der Waals surface area (Å²) in [5.74, 6) is 0.454. The van der Waals surface area contributed by atoms with Crippen molar-refractivity contribution in [1.29, 1.82) is 0 Å². The highest BCUT2D eigenvalue weighted by molar-refractivity contribution is 14.1. The van der Waals surface area contributed by atoms with Crippen LogP contribution in [0, 0.1) is 3.57 Å². The van der Waals surface area contributed by atoms with E-state index in [-0.39, 0.29) is 5.91 Å². The van der Waals surface area contributed by atoms with Gasteiger partial charge in [0.1, 0.15) is 5.52 Å². The van der Waals surface area contributed by atoms with Crippen LogP contribution in [0.15, 0.2) is 71.1 Å². The summed E-state index contributed by atoms with van der Waals surface area (Å²) in [6.07, 6.45) is 0.965. The number of hydrogen-bond acceptors (Lipinski definition) is 3.